The highest BCUT2D eigenvalue weighted by Gasteiger charge is 2.38. The van der Waals surface area contributed by atoms with E-state index in [0.29, 0.717) is 136 Å². The zero-order valence-corrected chi connectivity index (χ0v) is 74.3. The van der Waals surface area contributed by atoms with E-state index in [0.717, 1.165) is 129 Å². The average Bonchev–Trinajstić information content (AvgIpc) is 1.68. The lowest BCUT2D eigenvalue weighted by Crippen LogP contribution is -2.39. The third-order valence-electron chi connectivity index (χ3n) is 25.5. The van der Waals surface area contributed by atoms with E-state index < -0.39 is 7.12 Å². The number of thiocyanates is 1. The number of nitriles is 1. The van der Waals surface area contributed by atoms with E-state index in [1.807, 2.05) is 88.8 Å². The molecule has 10 atom stereocenters. The number of nitrogen functional groups attached to an aromatic ring is 1. The first-order chi connectivity index (χ1) is 59.2. The molecule has 32 heteroatoms. The zero-order chi connectivity index (χ0) is 87.4. The van der Waals surface area contributed by atoms with Gasteiger partial charge < -0.3 is 87.6 Å². The first-order valence-electron chi connectivity index (χ1n) is 43.3. The molecule has 7 aromatic heterocycles. The molecule has 0 aliphatic heterocycles. The Morgan fingerprint density at radius 1 is 0.512 bits per heavy atom. The van der Waals surface area contributed by atoms with Crippen molar-refractivity contribution in [3.63, 3.8) is 0 Å². The van der Waals surface area contributed by atoms with Crippen LogP contribution in [-0.2, 0) is 84.3 Å². The molecule has 29 nitrogen and oxygen atoms in total. The largest absolute Gasteiger partial charge is 0.457 e. The van der Waals surface area contributed by atoms with Gasteiger partial charge in [0, 0.05) is 179 Å². The highest BCUT2D eigenvalue weighted by molar-refractivity contribution is 9.10. The van der Waals surface area contributed by atoms with Gasteiger partial charge in [0.15, 0.2) is 0 Å². The van der Waals surface area contributed by atoms with Crippen molar-refractivity contribution in [1.29, 1.82) is 5.26 Å². The van der Waals surface area contributed by atoms with Crippen molar-refractivity contribution in [2.24, 2.45) is 36.6 Å². The van der Waals surface area contributed by atoms with Gasteiger partial charge in [-0.15, -0.1) is 0 Å². The molecule has 10 aliphatic carbocycles. The van der Waals surface area contributed by atoms with Crippen LogP contribution in [0.1, 0.15) is 201 Å². The summed E-state index contributed by atoms with van der Waals surface area (Å²) in [5.41, 5.74) is 14.1. The summed E-state index contributed by atoms with van der Waals surface area (Å²) in [6.07, 6.45) is 35.3. The van der Waals surface area contributed by atoms with Crippen LogP contribution in [0.4, 0.5) is 28.7 Å². The van der Waals surface area contributed by atoms with E-state index >= 15 is 0 Å². The number of nitrogens with one attached hydrogen (secondary N) is 3. The van der Waals surface area contributed by atoms with Crippen LogP contribution in [0.25, 0.3) is 11.0 Å². The molecule has 7 heterocycles. The number of methoxy groups -OCH3 is 5. The second kappa shape index (κ2) is 41.7. The number of fused-ring (bicyclic) bond motifs is 1. The number of hydrogen-bond donors (Lipinski definition) is 6. The number of ether oxygens (including phenoxy) is 6. The first kappa shape index (κ1) is 91.4. The van der Waals surface area contributed by atoms with Crippen LogP contribution in [0.5, 0.6) is 11.5 Å². The van der Waals surface area contributed by atoms with Crippen LogP contribution in [0, 0.1) is 40.3 Å². The Bertz CT molecular complexity index is 5440. The minimum atomic E-state index is -1.04. The number of halogens is 1. The van der Waals surface area contributed by atoms with Gasteiger partial charge in [-0.1, -0.05) is 12.8 Å². The Morgan fingerprint density at radius 2 is 0.911 bits per heavy atom. The molecule has 1 aromatic carbocycles. The molecule has 10 fully saturated rings. The molecule has 0 bridgehead atoms. The molecule has 658 valence electrons. The van der Waals surface area contributed by atoms with Crippen LogP contribution >= 0.6 is 27.7 Å². The molecule has 123 heavy (non-hydrogen) atoms. The molecule has 7 N–H and O–H groups in total. The predicted octanol–water partition coefficient (Wildman–Crippen LogP) is 13.3. The van der Waals surface area contributed by atoms with Gasteiger partial charge in [0.05, 0.1) is 57.8 Å². The number of aryl methyl sites for hydroxylation is 1. The maximum Gasteiger partial charge on any atom is 0.454 e. The summed E-state index contributed by atoms with van der Waals surface area (Å²) in [5, 5.41) is 35.9. The monoisotopic (exact) mass is 1770 g/mol. The van der Waals surface area contributed by atoms with Gasteiger partial charge in [0.25, 0.3) is 27.8 Å². The number of anilines is 5. The van der Waals surface area contributed by atoms with Crippen molar-refractivity contribution in [1.82, 2.24) is 37.4 Å². The molecular formula is C91H117BBrN13O16S. The second-order valence-electron chi connectivity index (χ2n) is 34.8. The molecule has 10 aliphatic rings. The van der Waals surface area contributed by atoms with Crippen LogP contribution in [0.15, 0.2) is 131 Å². The smallest absolute Gasteiger partial charge is 0.454 e. The molecule has 0 radical (unpaired) electrons. The summed E-state index contributed by atoms with van der Waals surface area (Å²) in [6, 6.07) is 18.4. The van der Waals surface area contributed by atoms with E-state index in [9.17, 15) is 38.4 Å². The fourth-order valence-electron chi connectivity index (χ4n) is 16.7. The lowest BCUT2D eigenvalue weighted by molar-refractivity contribution is -0.116. The number of Topliss-reactive ketones (excluding diaryl/α,β-unsaturated/α-hetero) is 1. The average molecular weight is 1770 g/mol. The molecule has 18 rings (SSSR count). The summed E-state index contributed by atoms with van der Waals surface area (Å²) in [5.74, 6) is 5.92. The first-order valence-corrected chi connectivity index (χ1v) is 44.9. The number of benzene rings is 1. The minimum Gasteiger partial charge on any atom is -0.457 e. The van der Waals surface area contributed by atoms with Crippen molar-refractivity contribution in [2.45, 2.75) is 253 Å². The normalized spacial score (nSPS) is 22.5. The Labute approximate surface area is 729 Å². The Balaban J connectivity index is 0.000000135. The highest BCUT2D eigenvalue weighted by atomic mass is 79.9. The Morgan fingerprint density at radius 3 is 1.30 bits per heavy atom. The number of nitrogens with zero attached hydrogens (tertiary/aromatic N) is 9. The van der Waals surface area contributed by atoms with Crippen molar-refractivity contribution in [2.75, 3.05) is 57.2 Å². The predicted molar refractivity (Wildman–Crippen MR) is 477 cm³/mol. The van der Waals surface area contributed by atoms with E-state index in [-0.39, 0.29) is 82.0 Å². The lowest BCUT2D eigenvalue weighted by atomic mass is 9.81. The second-order valence-corrected chi connectivity index (χ2v) is 36.5. The molecular weight excluding hydrogens is 1650 g/mol. The molecule has 8 aromatic rings. The molecule has 0 saturated heterocycles. The Kier molecular flexibility index (Phi) is 31.0. The summed E-state index contributed by atoms with van der Waals surface area (Å²) in [6.45, 7) is 7.75. The minimum absolute atomic E-state index is 0.0392. The number of pyridine rings is 6. The van der Waals surface area contributed by atoms with Crippen molar-refractivity contribution >= 4 is 92.1 Å². The number of amides is 2. The molecule has 2 amide bonds. The Hall–Kier alpha value is -9.30. The van der Waals surface area contributed by atoms with E-state index in [4.69, 9.17) is 54.4 Å². The number of thioether (sulfide) groups is 1. The zero-order valence-electron chi connectivity index (χ0n) is 71.9. The van der Waals surface area contributed by atoms with Crippen LogP contribution in [0.2, 0.25) is 5.82 Å². The summed E-state index contributed by atoms with van der Waals surface area (Å²) < 4.78 is 44.7. The van der Waals surface area contributed by atoms with Gasteiger partial charge in [0.2, 0.25) is 17.8 Å². The maximum atomic E-state index is 13.5. The summed E-state index contributed by atoms with van der Waals surface area (Å²) in [4.78, 5) is 106. The number of carbonyl (C=O) groups excluding carboxylic acids is 3. The van der Waals surface area contributed by atoms with Gasteiger partial charge >= 0.3 is 7.12 Å². The standard InChI is InChI=1S/C30H33N5O4.C16H22N2O3.C15H18N2O2S.C14H20N2O2.C13H17BrN2O3.C3H7BO2/c1-18(36)12-22-14-24(10-11-31-22)39-23-7-8-25-27(15-23)34(2)30(32-25)33-26-13-21(19-4-5-19)17-35(29(26)37)16-20-6-9-28(20)38-3;1-10(19)17-14-7-13(11-3-4-11)9-18(16(14)20)8-12-5-6-15(12)21-2;1-19-13-5-4-11(13)7-17-8-12(10-2-3-10)6-14(15(17)18)20-9-16;1-18-13-5-4-10(13)7-16-8-11(9-2-3-9)6-12(15)14(16)17;1-8(17)15-11-5-10(14)7-16(13(11)18)6-9-3-4-12(9)19-2;5-4(6)3-1-2-3/h7-8,10-11,13-15,17,19-20,28H,4-6,9,12,16H2,1-3H3,(H,32,33);7,9,11-12,15H,3-6,8H2,1-2H3,(H,17,19);6,8,10-11,13H,2-5,7H2,1H3;6,8-10,13H,2-5,7,15H2,1H3;5,7,9,12H,3-4,6H2,1-2H3,(H,15,17);3,5-6H,1-2H2/t20?,28-;12-,15-;11?,13-;10-,13-;9-,12-;/m00000./s1. The topological polar surface area (TPSA) is 374 Å². The molecule has 2 unspecified atom stereocenters. The number of rotatable bonds is 29. The fraction of sp³-hybridized carbons (Fsp3) is 0.549. The number of ketones is 1. The number of nitrogens with two attached hydrogens (primary N) is 1. The molecule has 10 saturated carbocycles. The number of carbonyl (C=O) groups is 3. The molecule has 0 spiro atoms. The van der Waals surface area contributed by atoms with Crippen molar-refractivity contribution in [3.05, 3.63) is 182 Å². The van der Waals surface area contributed by atoms with Gasteiger partial charge in [-0.3, -0.25) is 43.3 Å². The van der Waals surface area contributed by atoms with Crippen molar-refractivity contribution in [3.8, 4) is 16.9 Å². The maximum absolute atomic E-state index is 13.5. The van der Waals surface area contributed by atoms with E-state index in [1.54, 1.807) is 91.3 Å². The van der Waals surface area contributed by atoms with Crippen molar-refractivity contribution < 1.29 is 52.9 Å². The highest BCUT2D eigenvalue weighted by Crippen LogP contribution is 2.45. The van der Waals surface area contributed by atoms with Crippen LogP contribution in [0.3, 0.4) is 0 Å². The third-order valence-corrected chi connectivity index (χ3v) is 26.5. The van der Waals surface area contributed by atoms with Gasteiger partial charge in [-0.05, 0) is 250 Å². The van der Waals surface area contributed by atoms with Crippen LogP contribution in [-0.4, -0.2) is 138 Å². The van der Waals surface area contributed by atoms with Crippen LogP contribution < -0.4 is 54.2 Å². The number of hydrogen-bond acceptors (Lipinski definition) is 22. The quantitative estimate of drug-likeness (QED) is 0.0144. The lowest BCUT2D eigenvalue weighted by Gasteiger charge is -2.35. The summed E-state index contributed by atoms with van der Waals surface area (Å²) >= 11 is 4.33. The van der Waals surface area contributed by atoms with E-state index in [1.165, 1.54) is 69.1 Å². The summed E-state index contributed by atoms with van der Waals surface area (Å²) in [7, 11) is 9.53. The third kappa shape index (κ3) is 24.2. The number of imidazole rings is 1. The SMILES string of the molecule is CO[C@H]1CCC1Cn1cc(C2CC2)cc(Nc2nc3ccc(Oc4ccnc(CC(C)=O)c4)cc3n2C)c1=O.CO[C@H]1CCC1Cn1cc(C2CC2)cc(SC#N)c1=O.CO[C@H]1CC[C@H]1Cn1cc(Br)cc(NC(C)=O)c1=O.CO[C@H]1CC[C@H]1Cn1cc(C2CC2)cc(N)c1=O.CO[C@H]1CC[C@H]1Cn1cc(C2CC2)cc(NC(C)=O)c1=O.OB(O)C1CC1. The van der Waals surface area contributed by atoms with E-state index in [2.05, 4.69) is 36.9 Å². The van der Waals surface area contributed by atoms with Gasteiger partial charge in [0.1, 0.15) is 39.7 Å². The number of aromatic nitrogens is 8. The fourth-order valence-corrected chi connectivity index (χ4v) is 17.6. The van der Waals surface area contributed by atoms with Gasteiger partial charge in [-0.2, -0.15) is 5.26 Å². The van der Waals surface area contributed by atoms with Gasteiger partial charge in [-0.25, -0.2) is 4.98 Å².